The highest BCUT2D eigenvalue weighted by Crippen LogP contribution is 2.12. The van der Waals surface area contributed by atoms with Crippen LogP contribution in [0.4, 0.5) is 0 Å². The van der Waals surface area contributed by atoms with Crippen LogP contribution in [0.15, 0.2) is 29.3 Å². The number of nitrogens with one attached hydrogen (secondary N) is 2. The minimum absolute atomic E-state index is 0.168. The van der Waals surface area contributed by atoms with Crippen LogP contribution < -0.4 is 15.4 Å². The molecule has 0 spiro atoms. The number of carbonyl (C=O) groups is 1. The van der Waals surface area contributed by atoms with Gasteiger partial charge in [-0.25, -0.2) is 4.99 Å². The molecule has 0 aliphatic carbocycles. The van der Waals surface area contributed by atoms with Gasteiger partial charge in [0.1, 0.15) is 18.1 Å². The first-order valence-electron chi connectivity index (χ1n) is 10.2. The smallest absolute Gasteiger partial charge is 0.222 e. The summed E-state index contributed by atoms with van der Waals surface area (Å²) in [6, 6.07) is 8.23. The van der Waals surface area contributed by atoms with Gasteiger partial charge in [0.2, 0.25) is 5.91 Å². The summed E-state index contributed by atoms with van der Waals surface area (Å²) in [5.74, 6) is 3.42. The van der Waals surface area contributed by atoms with Crippen molar-refractivity contribution < 1.29 is 9.53 Å². The maximum atomic E-state index is 11.8. The Hall–Kier alpha value is -3.10. The lowest BCUT2D eigenvalue weighted by atomic mass is 10.1. The monoisotopic (exact) mass is 413 g/mol. The van der Waals surface area contributed by atoms with Gasteiger partial charge in [0, 0.05) is 39.6 Å². The fraction of sp³-hybridized carbons (Fsp3) is 0.524. The number of piperidine rings is 1. The normalized spacial score (nSPS) is 17.2. The van der Waals surface area contributed by atoms with Gasteiger partial charge in [-0.05, 0) is 37.5 Å². The summed E-state index contributed by atoms with van der Waals surface area (Å²) in [4.78, 5) is 18.3. The summed E-state index contributed by atoms with van der Waals surface area (Å²) in [7, 11) is 5.44. The van der Waals surface area contributed by atoms with Crippen molar-refractivity contribution in [2.45, 2.75) is 38.8 Å². The van der Waals surface area contributed by atoms with Gasteiger partial charge in [0.15, 0.2) is 11.8 Å². The number of aryl methyl sites for hydroxylation is 1. The minimum atomic E-state index is 0.168. The van der Waals surface area contributed by atoms with Crippen LogP contribution in [0.1, 0.15) is 30.1 Å². The second-order valence-electron chi connectivity index (χ2n) is 7.57. The van der Waals surface area contributed by atoms with E-state index in [0.29, 0.717) is 19.5 Å². The zero-order chi connectivity index (χ0) is 21.5. The Morgan fingerprint density at radius 3 is 2.67 bits per heavy atom. The number of aliphatic imine (C=N–C) groups is 1. The van der Waals surface area contributed by atoms with Gasteiger partial charge in [-0.2, -0.15) is 0 Å². The second kappa shape index (κ2) is 10.1. The fourth-order valence-electron chi connectivity index (χ4n) is 3.33. The molecule has 1 amide bonds. The van der Waals surface area contributed by atoms with E-state index in [1.54, 1.807) is 12.0 Å². The number of hydrogen-bond donors (Lipinski definition) is 2. The highest BCUT2D eigenvalue weighted by Gasteiger charge is 2.23. The Morgan fingerprint density at radius 2 is 2.03 bits per heavy atom. The lowest BCUT2D eigenvalue weighted by Gasteiger charge is -2.31. The molecule has 3 rings (SSSR count). The first kappa shape index (κ1) is 21.6. The predicted molar refractivity (Wildman–Crippen MR) is 115 cm³/mol. The Labute approximate surface area is 177 Å². The molecule has 0 bridgehead atoms. The molecule has 1 atom stereocenters. The molecule has 9 heteroatoms. The van der Waals surface area contributed by atoms with Gasteiger partial charge >= 0.3 is 0 Å². The van der Waals surface area contributed by atoms with Crippen LogP contribution in [-0.4, -0.2) is 64.8 Å². The Kier molecular flexibility index (Phi) is 7.26. The number of amides is 1. The summed E-state index contributed by atoms with van der Waals surface area (Å²) in [6.45, 7) is 3.75. The number of hydrogen-bond acceptors (Lipinski definition) is 5. The minimum Gasteiger partial charge on any atom is -0.497 e. The third kappa shape index (κ3) is 5.71. The second-order valence-corrected chi connectivity index (χ2v) is 7.57. The highest BCUT2D eigenvalue weighted by molar-refractivity contribution is 5.81. The SMILES string of the molecule is COc1ccc(CCNC(=NCc2nnc(C)n2C)NC2CCC(=O)N(C)C2)cc1. The molecule has 1 aliphatic rings. The maximum absolute atomic E-state index is 11.8. The van der Waals surface area contributed by atoms with Crippen molar-refractivity contribution in [2.24, 2.45) is 12.0 Å². The molecule has 1 unspecified atom stereocenters. The molecule has 2 N–H and O–H groups in total. The Morgan fingerprint density at radius 1 is 1.27 bits per heavy atom. The molecule has 0 radical (unpaired) electrons. The van der Waals surface area contributed by atoms with Crippen LogP contribution in [0, 0.1) is 6.92 Å². The van der Waals surface area contributed by atoms with Crippen molar-refractivity contribution in [1.82, 2.24) is 30.3 Å². The molecule has 2 heterocycles. The molecule has 30 heavy (non-hydrogen) atoms. The third-order valence-corrected chi connectivity index (χ3v) is 5.39. The van der Waals surface area contributed by atoms with Crippen molar-refractivity contribution in [3.8, 4) is 5.75 Å². The van der Waals surface area contributed by atoms with Crippen molar-refractivity contribution >= 4 is 11.9 Å². The summed E-state index contributed by atoms with van der Waals surface area (Å²) in [5, 5.41) is 15.2. The van der Waals surface area contributed by atoms with Crippen LogP contribution in [0.3, 0.4) is 0 Å². The van der Waals surface area contributed by atoms with Crippen LogP contribution in [0.25, 0.3) is 0 Å². The number of likely N-dealkylation sites (N-methyl/N-ethyl adjacent to an activating group) is 1. The zero-order valence-electron chi connectivity index (χ0n) is 18.2. The fourth-order valence-corrected chi connectivity index (χ4v) is 3.33. The van der Waals surface area contributed by atoms with E-state index in [1.807, 2.05) is 37.7 Å². The molecule has 2 aromatic rings. The van der Waals surface area contributed by atoms with Gasteiger partial charge in [0.05, 0.1) is 7.11 Å². The number of ether oxygens (including phenoxy) is 1. The van der Waals surface area contributed by atoms with Crippen LogP contribution >= 0.6 is 0 Å². The molecule has 1 fully saturated rings. The largest absolute Gasteiger partial charge is 0.497 e. The Bertz CT molecular complexity index is 876. The van der Waals surface area contributed by atoms with Crippen molar-refractivity contribution in [3.05, 3.63) is 41.5 Å². The third-order valence-electron chi connectivity index (χ3n) is 5.39. The zero-order valence-corrected chi connectivity index (χ0v) is 18.2. The molecule has 1 saturated heterocycles. The van der Waals surface area contributed by atoms with Crippen molar-refractivity contribution in [3.63, 3.8) is 0 Å². The molecule has 162 valence electrons. The Balaban J connectivity index is 1.62. The average molecular weight is 414 g/mol. The van der Waals surface area contributed by atoms with E-state index < -0.39 is 0 Å². The number of likely N-dealkylation sites (tertiary alicyclic amines) is 1. The molecule has 1 aromatic heterocycles. The summed E-state index contributed by atoms with van der Waals surface area (Å²) >= 11 is 0. The summed E-state index contributed by atoms with van der Waals surface area (Å²) in [5.41, 5.74) is 1.22. The van der Waals surface area contributed by atoms with E-state index in [1.165, 1.54) is 5.56 Å². The van der Waals surface area contributed by atoms with E-state index >= 15 is 0 Å². The predicted octanol–water partition coefficient (Wildman–Crippen LogP) is 1.03. The van der Waals surface area contributed by atoms with Gasteiger partial charge in [-0.15, -0.1) is 10.2 Å². The number of guanidine groups is 1. The van der Waals surface area contributed by atoms with Crippen molar-refractivity contribution in [2.75, 3.05) is 27.2 Å². The lowest BCUT2D eigenvalue weighted by molar-refractivity contribution is -0.132. The standard InChI is InChI=1S/C21H31N7O2/c1-15-25-26-19(28(15)3)13-23-21(24-17-7-10-20(29)27(2)14-17)22-12-11-16-5-8-18(30-4)9-6-16/h5-6,8-9,17H,7,10-14H2,1-4H3,(H2,22,23,24). The topological polar surface area (TPSA) is 96.7 Å². The average Bonchev–Trinajstić information content (AvgIpc) is 3.07. The number of benzene rings is 1. The van der Waals surface area contributed by atoms with Gasteiger partial charge in [-0.1, -0.05) is 12.1 Å². The van der Waals surface area contributed by atoms with Gasteiger partial charge in [-0.3, -0.25) is 4.79 Å². The molecule has 1 aromatic carbocycles. The van der Waals surface area contributed by atoms with Gasteiger partial charge < -0.3 is 24.8 Å². The molecule has 0 saturated carbocycles. The number of rotatable bonds is 7. The van der Waals surface area contributed by atoms with E-state index in [0.717, 1.165) is 42.7 Å². The van der Waals surface area contributed by atoms with E-state index in [9.17, 15) is 4.79 Å². The molecule has 1 aliphatic heterocycles. The van der Waals surface area contributed by atoms with E-state index in [-0.39, 0.29) is 11.9 Å². The van der Waals surface area contributed by atoms with E-state index in [4.69, 9.17) is 9.73 Å². The van der Waals surface area contributed by atoms with Gasteiger partial charge in [0.25, 0.3) is 0 Å². The maximum Gasteiger partial charge on any atom is 0.222 e. The number of carbonyl (C=O) groups excluding carboxylic acids is 1. The highest BCUT2D eigenvalue weighted by atomic mass is 16.5. The quantitative estimate of drug-likeness (QED) is 0.520. The number of aromatic nitrogens is 3. The molecule has 9 nitrogen and oxygen atoms in total. The molecular formula is C21H31N7O2. The van der Waals surface area contributed by atoms with Crippen molar-refractivity contribution in [1.29, 1.82) is 0 Å². The van der Waals surface area contributed by atoms with Crippen LogP contribution in [0.2, 0.25) is 0 Å². The first-order valence-corrected chi connectivity index (χ1v) is 10.2. The lowest BCUT2D eigenvalue weighted by Crippen LogP contribution is -2.52. The first-order chi connectivity index (χ1) is 14.5. The van der Waals surface area contributed by atoms with Crippen LogP contribution in [-0.2, 0) is 24.8 Å². The molecular weight excluding hydrogens is 382 g/mol. The van der Waals surface area contributed by atoms with Crippen LogP contribution in [0.5, 0.6) is 5.75 Å². The summed E-state index contributed by atoms with van der Waals surface area (Å²) in [6.07, 6.45) is 2.21. The summed E-state index contributed by atoms with van der Waals surface area (Å²) < 4.78 is 7.15. The number of methoxy groups -OCH3 is 1. The number of nitrogens with zero attached hydrogens (tertiary/aromatic N) is 5. The van der Waals surface area contributed by atoms with E-state index in [2.05, 4.69) is 33.0 Å².